The van der Waals surface area contributed by atoms with E-state index in [0.29, 0.717) is 0 Å². The first-order valence-electron chi connectivity index (χ1n) is 8.96. The van der Waals surface area contributed by atoms with Gasteiger partial charge in [-0.2, -0.15) is 0 Å². The van der Waals surface area contributed by atoms with Crippen LogP contribution in [0.15, 0.2) is 23.2 Å². The van der Waals surface area contributed by atoms with Crippen molar-refractivity contribution in [2.75, 3.05) is 32.7 Å². The summed E-state index contributed by atoms with van der Waals surface area (Å²) in [5, 5.41) is 6.53. The zero-order valence-corrected chi connectivity index (χ0v) is 17.9. The van der Waals surface area contributed by atoms with Crippen LogP contribution in [-0.4, -0.2) is 49.5 Å². The minimum absolute atomic E-state index is 0. The fourth-order valence-electron chi connectivity index (χ4n) is 3.00. The fraction of sp³-hybridized carbons (Fsp3) is 0.579. The average molecular weight is 458 g/mol. The smallest absolute Gasteiger partial charge is 0.244 e. The summed E-state index contributed by atoms with van der Waals surface area (Å²) in [5.41, 5.74) is 3.96. The van der Waals surface area contributed by atoms with Gasteiger partial charge in [-0.1, -0.05) is 23.8 Å². The highest BCUT2D eigenvalue weighted by atomic mass is 127. The maximum absolute atomic E-state index is 12.1. The molecule has 0 spiro atoms. The normalized spacial score (nSPS) is 14.2. The third-order valence-corrected chi connectivity index (χ3v) is 4.36. The van der Waals surface area contributed by atoms with Gasteiger partial charge in [-0.15, -0.1) is 24.0 Å². The Balaban J connectivity index is 0.00000312. The molecule has 0 radical (unpaired) electrons. The van der Waals surface area contributed by atoms with E-state index in [2.05, 4.69) is 47.7 Å². The van der Waals surface area contributed by atoms with Crippen LogP contribution in [-0.2, 0) is 11.2 Å². The van der Waals surface area contributed by atoms with Crippen molar-refractivity contribution in [1.82, 2.24) is 15.5 Å². The van der Waals surface area contributed by atoms with E-state index in [1.807, 2.05) is 11.8 Å². The lowest BCUT2D eigenvalue weighted by Crippen LogP contribution is -2.39. The number of likely N-dealkylation sites (tertiary alicyclic amines) is 1. The number of aryl methyl sites for hydroxylation is 2. The molecule has 1 heterocycles. The number of amides is 1. The van der Waals surface area contributed by atoms with Gasteiger partial charge >= 0.3 is 0 Å². The van der Waals surface area contributed by atoms with Crippen molar-refractivity contribution >= 4 is 35.8 Å². The van der Waals surface area contributed by atoms with Crippen molar-refractivity contribution in [3.8, 4) is 0 Å². The van der Waals surface area contributed by atoms with Crippen molar-refractivity contribution in [3.05, 3.63) is 34.9 Å². The van der Waals surface area contributed by atoms with E-state index < -0.39 is 0 Å². The molecular weight excluding hydrogens is 427 g/mol. The molecule has 1 aliphatic rings. The number of halogens is 1. The lowest BCUT2D eigenvalue weighted by Gasteiger charge is -2.15. The molecule has 1 saturated heterocycles. The lowest BCUT2D eigenvalue weighted by atomic mass is 10.0. The first-order valence-corrected chi connectivity index (χ1v) is 8.96. The number of aliphatic imine (C=N–C) groups is 1. The van der Waals surface area contributed by atoms with Gasteiger partial charge in [0.1, 0.15) is 6.54 Å². The van der Waals surface area contributed by atoms with Gasteiger partial charge in [0.2, 0.25) is 5.91 Å². The molecule has 2 N–H and O–H groups in total. The molecule has 0 atom stereocenters. The van der Waals surface area contributed by atoms with E-state index >= 15 is 0 Å². The maximum atomic E-state index is 12.1. The molecule has 5 nitrogen and oxygen atoms in total. The van der Waals surface area contributed by atoms with Crippen molar-refractivity contribution in [2.45, 2.75) is 40.0 Å². The Bertz CT molecular complexity index is 583. The van der Waals surface area contributed by atoms with Gasteiger partial charge in [-0.3, -0.25) is 4.79 Å². The standard InChI is InChI=1S/C19H30N4O.HI/c1-4-20-19(22-14-18(24)23-11-5-6-12-23)21-10-9-17-8-7-15(2)13-16(17)3;/h7-8,13H,4-6,9-12,14H2,1-3H3,(H2,20,21,22);1H. The van der Waals surface area contributed by atoms with Crippen LogP contribution in [0, 0.1) is 13.8 Å². The van der Waals surface area contributed by atoms with Crippen LogP contribution in [0.2, 0.25) is 0 Å². The van der Waals surface area contributed by atoms with Crippen LogP contribution in [0.1, 0.15) is 36.5 Å². The Morgan fingerprint density at radius 3 is 2.56 bits per heavy atom. The fourth-order valence-corrected chi connectivity index (χ4v) is 3.00. The summed E-state index contributed by atoms with van der Waals surface area (Å²) in [7, 11) is 0. The molecule has 0 unspecified atom stereocenters. The van der Waals surface area contributed by atoms with Crippen LogP contribution < -0.4 is 10.6 Å². The van der Waals surface area contributed by atoms with E-state index in [1.54, 1.807) is 0 Å². The molecule has 0 aromatic heterocycles. The summed E-state index contributed by atoms with van der Waals surface area (Å²) in [5.74, 6) is 0.842. The van der Waals surface area contributed by atoms with Crippen LogP contribution in [0.4, 0.5) is 0 Å². The molecule has 0 bridgehead atoms. The zero-order chi connectivity index (χ0) is 17.4. The topological polar surface area (TPSA) is 56.7 Å². The number of carbonyl (C=O) groups excluding carboxylic acids is 1. The minimum atomic E-state index is 0. The molecule has 1 amide bonds. The lowest BCUT2D eigenvalue weighted by molar-refractivity contribution is -0.128. The van der Waals surface area contributed by atoms with Crippen LogP contribution in [0.3, 0.4) is 0 Å². The highest BCUT2D eigenvalue weighted by Gasteiger charge is 2.17. The number of nitrogens with one attached hydrogen (secondary N) is 2. The second kappa shape index (κ2) is 11.3. The minimum Gasteiger partial charge on any atom is -0.357 e. The van der Waals surface area contributed by atoms with Gasteiger partial charge in [0, 0.05) is 26.2 Å². The van der Waals surface area contributed by atoms with Gasteiger partial charge in [0.25, 0.3) is 0 Å². The van der Waals surface area contributed by atoms with Crippen molar-refractivity contribution in [3.63, 3.8) is 0 Å². The molecule has 6 heteroatoms. The van der Waals surface area contributed by atoms with E-state index in [-0.39, 0.29) is 36.4 Å². The molecule has 1 aromatic carbocycles. The van der Waals surface area contributed by atoms with Crippen molar-refractivity contribution < 1.29 is 4.79 Å². The highest BCUT2D eigenvalue weighted by Crippen LogP contribution is 2.10. The number of nitrogens with zero attached hydrogens (tertiary/aromatic N) is 2. The Hall–Kier alpha value is -1.31. The van der Waals surface area contributed by atoms with Crippen LogP contribution in [0.25, 0.3) is 0 Å². The van der Waals surface area contributed by atoms with Gasteiger partial charge < -0.3 is 15.5 Å². The van der Waals surface area contributed by atoms with Crippen LogP contribution >= 0.6 is 24.0 Å². The maximum Gasteiger partial charge on any atom is 0.244 e. The molecule has 1 fully saturated rings. The molecule has 0 aliphatic carbocycles. The van der Waals surface area contributed by atoms with Gasteiger partial charge in [-0.25, -0.2) is 4.99 Å². The summed E-state index contributed by atoms with van der Waals surface area (Å²) >= 11 is 0. The number of benzene rings is 1. The van der Waals surface area contributed by atoms with Crippen molar-refractivity contribution in [1.29, 1.82) is 0 Å². The van der Waals surface area contributed by atoms with Gasteiger partial charge in [-0.05, 0) is 51.2 Å². The highest BCUT2D eigenvalue weighted by molar-refractivity contribution is 14.0. The van der Waals surface area contributed by atoms with Gasteiger partial charge in [0.05, 0.1) is 0 Å². The van der Waals surface area contributed by atoms with E-state index in [4.69, 9.17) is 0 Å². The Labute approximate surface area is 168 Å². The molecule has 1 aliphatic heterocycles. The Morgan fingerprint density at radius 1 is 1.20 bits per heavy atom. The van der Waals surface area contributed by atoms with E-state index in [9.17, 15) is 4.79 Å². The number of guanidine groups is 1. The molecule has 0 saturated carbocycles. The average Bonchev–Trinajstić information content (AvgIpc) is 3.09. The third kappa shape index (κ3) is 7.22. The second-order valence-corrected chi connectivity index (χ2v) is 6.39. The predicted octanol–water partition coefficient (Wildman–Crippen LogP) is 2.64. The molecule has 1 aromatic rings. The predicted molar refractivity (Wildman–Crippen MR) is 115 cm³/mol. The van der Waals surface area contributed by atoms with E-state index in [1.165, 1.54) is 16.7 Å². The van der Waals surface area contributed by atoms with E-state index in [0.717, 1.165) is 51.4 Å². The summed E-state index contributed by atoms with van der Waals surface area (Å²) in [6.07, 6.45) is 3.17. The number of hydrogen-bond acceptors (Lipinski definition) is 2. The molecule has 140 valence electrons. The summed E-state index contributed by atoms with van der Waals surface area (Å²) in [6.45, 7) is 9.86. The Kier molecular flexibility index (Phi) is 9.85. The summed E-state index contributed by atoms with van der Waals surface area (Å²) in [6, 6.07) is 6.55. The SMILES string of the molecule is CCNC(=NCC(=O)N1CCCC1)NCCc1ccc(C)cc1C.I. The number of rotatable bonds is 6. The summed E-state index contributed by atoms with van der Waals surface area (Å²) < 4.78 is 0. The largest absolute Gasteiger partial charge is 0.357 e. The summed E-state index contributed by atoms with van der Waals surface area (Å²) in [4.78, 5) is 18.4. The molecule has 25 heavy (non-hydrogen) atoms. The van der Waals surface area contributed by atoms with Gasteiger partial charge in [0.15, 0.2) is 5.96 Å². The number of hydrogen-bond donors (Lipinski definition) is 2. The molecular formula is C19H31IN4O. The quantitative estimate of drug-likeness (QED) is 0.392. The van der Waals surface area contributed by atoms with Crippen LogP contribution in [0.5, 0.6) is 0 Å². The second-order valence-electron chi connectivity index (χ2n) is 6.39. The first kappa shape index (κ1) is 21.7. The monoisotopic (exact) mass is 458 g/mol. The first-order chi connectivity index (χ1) is 11.6. The molecule has 2 rings (SSSR count). The Morgan fingerprint density at radius 2 is 1.92 bits per heavy atom. The third-order valence-electron chi connectivity index (χ3n) is 4.36. The zero-order valence-electron chi connectivity index (χ0n) is 15.6. The van der Waals surface area contributed by atoms with Crippen molar-refractivity contribution in [2.24, 2.45) is 4.99 Å². The number of carbonyl (C=O) groups is 1.